The van der Waals surface area contributed by atoms with Gasteiger partial charge in [-0.15, -0.1) is 0 Å². The number of carbonyl (C=O) groups is 1. The summed E-state index contributed by atoms with van der Waals surface area (Å²) in [6.07, 6.45) is 1.78. The second-order valence-corrected chi connectivity index (χ2v) is 4.35. The average Bonchev–Trinajstić information content (AvgIpc) is 2.51. The fraction of sp³-hybridized carbons (Fsp3) is 0.909. The van der Waals surface area contributed by atoms with E-state index in [4.69, 9.17) is 0 Å². The van der Waals surface area contributed by atoms with Crippen LogP contribution < -0.4 is 5.32 Å². The van der Waals surface area contributed by atoms with Gasteiger partial charge in [0.1, 0.15) is 0 Å². The molecule has 1 aliphatic rings. The molecule has 1 aliphatic heterocycles. The van der Waals surface area contributed by atoms with Crippen LogP contribution in [0.5, 0.6) is 0 Å². The lowest BCUT2D eigenvalue weighted by molar-refractivity contribution is -0.128. The van der Waals surface area contributed by atoms with Crippen LogP contribution in [0, 0.1) is 5.92 Å². The van der Waals surface area contributed by atoms with Crippen molar-refractivity contribution in [3.05, 3.63) is 0 Å². The fourth-order valence-corrected chi connectivity index (χ4v) is 1.91. The predicted octanol–water partition coefficient (Wildman–Crippen LogP) is 1.24. The first kappa shape index (κ1) is 11.5. The number of rotatable bonds is 5. The molecule has 1 N–H and O–H groups in total. The largest absolute Gasteiger partial charge is 0.341 e. The molecule has 1 atom stereocenters. The van der Waals surface area contributed by atoms with Gasteiger partial charge in [-0.05, 0) is 18.9 Å². The maximum atomic E-state index is 11.4. The Bertz CT molecular complexity index is 192. The second kappa shape index (κ2) is 5.35. The highest BCUT2D eigenvalue weighted by molar-refractivity contribution is 5.78. The molecule has 0 aromatic heterocycles. The van der Waals surface area contributed by atoms with Crippen LogP contribution in [-0.2, 0) is 4.79 Å². The minimum atomic E-state index is 0.327. The van der Waals surface area contributed by atoms with E-state index in [-0.39, 0.29) is 0 Å². The van der Waals surface area contributed by atoms with Crippen LogP contribution in [0.1, 0.15) is 33.6 Å². The highest BCUT2D eigenvalue weighted by Gasteiger charge is 2.24. The Hall–Kier alpha value is -0.570. The Kier molecular flexibility index (Phi) is 4.39. The molecule has 3 heteroatoms. The summed E-state index contributed by atoms with van der Waals surface area (Å²) in [5.41, 5.74) is 0. The Labute approximate surface area is 86.9 Å². The van der Waals surface area contributed by atoms with Crippen molar-refractivity contribution in [2.75, 3.05) is 19.6 Å². The summed E-state index contributed by atoms with van der Waals surface area (Å²) in [5.74, 6) is 0.914. The molecule has 82 valence electrons. The normalized spacial score (nSPS) is 19.4. The smallest absolute Gasteiger partial charge is 0.222 e. The zero-order chi connectivity index (χ0) is 10.6. The molecule has 1 amide bonds. The van der Waals surface area contributed by atoms with Crippen LogP contribution in [0.2, 0.25) is 0 Å². The lowest BCUT2D eigenvalue weighted by Crippen LogP contribution is -2.44. The van der Waals surface area contributed by atoms with Crippen LogP contribution in [-0.4, -0.2) is 36.5 Å². The molecule has 1 heterocycles. The van der Waals surface area contributed by atoms with E-state index in [9.17, 15) is 4.79 Å². The van der Waals surface area contributed by atoms with Crippen molar-refractivity contribution >= 4 is 5.91 Å². The quantitative estimate of drug-likeness (QED) is 0.721. The summed E-state index contributed by atoms with van der Waals surface area (Å²) in [6.45, 7) is 9.32. The van der Waals surface area contributed by atoms with E-state index in [1.807, 2.05) is 4.90 Å². The number of likely N-dealkylation sites (N-methyl/N-ethyl adjacent to an activating group) is 1. The van der Waals surface area contributed by atoms with Gasteiger partial charge in [0.05, 0.1) is 0 Å². The molecule has 1 unspecified atom stereocenters. The third kappa shape index (κ3) is 2.98. The topological polar surface area (TPSA) is 32.3 Å². The van der Waals surface area contributed by atoms with Gasteiger partial charge in [-0.1, -0.05) is 20.8 Å². The third-order valence-corrected chi connectivity index (χ3v) is 2.86. The number of hydrogen-bond acceptors (Lipinski definition) is 2. The Morgan fingerprint density at radius 1 is 1.50 bits per heavy atom. The van der Waals surface area contributed by atoms with Crippen molar-refractivity contribution in [2.45, 2.75) is 39.7 Å². The van der Waals surface area contributed by atoms with Crippen molar-refractivity contribution in [3.8, 4) is 0 Å². The highest BCUT2D eigenvalue weighted by Crippen LogP contribution is 2.12. The summed E-state index contributed by atoms with van der Waals surface area (Å²) < 4.78 is 0. The van der Waals surface area contributed by atoms with Gasteiger partial charge < -0.3 is 10.2 Å². The summed E-state index contributed by atoms with van der Waals surface area (Å²) >= 11 is 0. The number of nitrogens with one attached hydrogen (secondary N) is 1. The van der Waals surface area contributed by atoms with Gasteiger partial charge in [0, 0.05) is 25.6 Å². The monoisotopic (exact) mass is 198 g/mol. The zero-order valence-electron chi connectivity index (χ0n) is 9.55. The van der Waals surface area contributed by atoms with Gasteiger partial charge in [0.15, 0.2) is 0 Å². The van der Waals surface area contributed by atoms with E-state index < -0.39 is 0 Å². The van der Waals surface area contributed by atoms with E-state index in [2.05, 4.69) is 26.1 Å². The maximum absolute atomic E-state index is 11.4. The molecule has 0 saturated carbocycles. The van der Waals surface area contributed by atoms with Gasteiger partial charge in [-0.3, -0.25) is 4.79 Å². The second-order valence-electron chi connectivity index (χ2n) is 4.35. The van der Waals surface area contributed by atoms with Crippen LogP contribution in [0.3, 0.4) is 0 Å². The van der Waals surface area contributed by atoms with Crippen molar-refractivity contribution < 1.29 is 4.79 Å². The lowest BCUT2D eigenvalue weighted by Gasteiger charge is -2.27. The lowest BCUT2D eigenvalue weighted by atomic mass is 10.0. The van der Waals surface area contributed by atoms with Gasteiger partial charge in [0.2, 0.25) is 5.91 Å². The maximum Gasteiger partial charge on any atom is 0.222 e. The van der Waals surface area contributed by atoms with E-state index in [0.717, 1.165) is 32.5 Å². The standard InChI is InChI=1S/C11H22N2O/c1-4-12-10(9(2)3)8-13-7-5-6-11(13)14/h9-10,12H,4-8H2,1-3H3. The van der Waals surface area contributed by atoms with Crippen LogP contribution >= 0.6 is 0 Å². The third-order valence-electron chi connectivity index (χ3n) is 2.86. The first-order valence-corrected chi connectivity index (χ1v) is 5.66. The van der Waals surface area contributed by atoms with Gasteiger partial charge in [0.25, 0.3) is 0 Å². The zero-order valence-corrected chi connectivity index (χ0v) is 9.55. The molecular formula is C11H22N2O. The molecular weight excluding hydrogens is 176 g/mol. The number of nitrogens with zero attached hydrogens (tertiary/aromatic N) is 1. The average molecular weight is 198 g/mol. The predicted molar refractivity (Wildman–Crippen MR) is 58.1 cm³/mol. The van der Waals surface area contributed by atoms with E-state index in [0.29, 0.717) is 17.9 Å². The van der Waals surface area contributed by atoms with E-state index >= 15 is 0 Å². The minimum absolute atomic E-state index is 0.327. The van der Waals surface area contributed by atoms with Crippen molar-refractivity contribution in [2.24, 2.45) is 5.92 Å². The molecule has 1 saturated heterocycles. The summed E-state index contributed by atoms with van der Waals surface area (Å²) in [7, 11) is 0. The van der Waals surface area contributed by atoms with Crippen molar-refractivity contribution in [3.63, 3.8) is 0 Å². The summed E-state index contributed by atoms with van der Waals surface area (Å²) in [6, 6.07) is 0.446. The van der Waals surface area contributed by atoms with Crippen LogP contribution in [0.25, 0.3) is 0 Å². The SMILES string of the molecule is CCNC(CN1CCCC1=O)C(C)C. The summed E-state index contributed by atoms with van der Waals surface area (Å²) in [5, 5.41) is 3.44. The molecule has 14 heavy (non-hydrogen) atoms. The van der Waals surface area contributed by atoms with E-state index in [1.54, 1.807) is 0 Å². The number of hydrogen-bond donors (Lipinski definition) is 1. The molecule has 1 rings (SSSR count). The Balaban J connectivity index is 2.41. The number of carbonyl (C=O) groups excluding carboxylic acids is 1. The number of amides is 1. The van der Waals surface area contributed by atoms with Gasteiger partial charge in [-0.2, -0.15) is 0 Å². The number of likely N-dealkylation sites (tertiary alicyclic amines) is 1. The summed E-state index contributed by atoms with van der Waals surface area (Å²) in [4.78, 5) is 13.4. The molecule has 0 aromatic carbocycles. The molecule has 0 radical (unpaired) electrons. The van der Waals surface area contributed by atoms with Gasteiger partial charge >= 0.3 is 0 Å². The molecule has 3 nitrogen and oxygen atoms in total. The molecule has 0 aromatic rings. The fourth-order valence-electron chi connectivity index (χ4n) is 1.91. The molecule has 1 fully saturated rings. The van der Waals surface area contributed by atoms with Gasteiger partial charge in [-0.25, -0.2) is 0 Å². The first-order valence-electron chi connectivity index (χ1n) is 5.66. The minimum Gasteiger partial charge on any atom is -0.341 e. The molecule has 0 bridgehead atoms. The van der Waals surface area contributed by atoms with Crippen molar-refractivity contribution in [1.82, 2.24) is 10.2 Å². The first-order chi connectivity index (χ1) is 6.65. The highest BCUT2D eigenvalue weighted by atomic mass is 16.2. The Morgan fingerprint density at radius 2 is 2.21 bits per heavy atom. The molecule has 0 spiro atoms. The van der Waals surface area contributed by atoms with Crippen LogP contribution in [0.4, 0.5) is 0 Å². The molecule has 0 aliphatic carbocycles. The van der Waals surface area contributed by atoms with Crippen LogP contribution in [0.15, 0.2) is 0 Å². The van der Waals surface area contributed by atoms with E-state index in [1.165, 1.54) is 0 Å². The van der Waals surface area contributed by atoms with Crippen molar-refractivity contribution in [1.29, 1.82) is 0 Å². The Morgan fingerprint density at radius 3 is 2.64 bits per heavy atom.